The first-order valence-electron chi connectivity index (χ1n) is 21.2. The molecular formula is C60H48. The molecule has 0 saturated heterocycles. The predicted octanol–water partition coefficient (Wildman–Crippen LogP) is 15.5. The van der Waals surface area contributed by atoms with E-state index >= 15 is 0 Å². The molecule has 0 aliphatic heterocycles. The standard InChI is InChI=1S/C27H20.C20H16.C13H12/c1-17-12-14-25-22(15-17)21-13-11-18(2)16-26(21)27(25)23-9-5-3-7-19(23)20-8-4-6-10-24(20)27;1-14-9-11-15(12-10-14)17-7-4-8-19-18-6-3-2-5-16(18)13-20(17)19;1-11-7-9-13(10-8-11)12-5-3-2-4-6-12/h3-16H,1-2H3;2-12H,13H2,1H3;2-10H,1H3. The molecule has 3 aliphatic rings. The summed E-state index contributed by atoms with van der Waals surface area (Å²) in [5.41, 5.74) is 27.2. The lowest BCUT2D eigenvalue weighted by atomic mass is 9.70. The van der Waals surface area contributed by atoms with E-state index in [1.54, 1.807) is 0 Å². The minimum Gasteiger partial charge on any atom is -0.0622 e. The van der Waals surface area contributed by atoms with Crippen LogP contribution in [0, 0.1) is 27.7 Å². The van der Waals surface area contributed by atoms with Gasteiger partial charge in [-0.25, -0.2) is 0 Å². The van der Waals surface area contributed by atoms with Gasteiger partial charge in [-0.15, -0.1) is 0 Å². The van der Waals surface area contributed by atoms with E-state index in [1.165, 1.54) is 111 Å². The summed E-state index contributed by atoms with van der Waals surface area (Å²) in [6, 6.07) is 75.2. The van der Waals surface area contributed by atoms with Crippen LogP contribution in [0.2, 0.25) is 0 Å². The highest BCUT2D eigenvalue weighted by molar-refractivity contribution is 5.95. The van der Waals surface area contributed by atoms with E-state index in [4.69, 9.17) is 0 Å². The first kappa shape index (κ1) is 37.3. The van der Waals surface area contributed by atoms with E-state index in [1.807, 2.05) is 6.07 Å². The lowest BCUT2D eigenvalue weighted by Gasteiger charge is -2.30. The minimum absolute atomic E-state index is 0.197. The van der Waals surface area contributed by atoms with Gasteiger partial charge in [-0.1, -0.05) is 229 Å². The molecule has 1 spiro atoms. The van der Waals surface area contributed by atoms with Gasteiger partial charge in [0.15, 0.2) is 0 Å². The van der Waals surface area contributed by atoms with Gasteiger partial charge in [0.05, 0.1) is 5.41 Å². The number of rotatable bonds is 2. The van der Waals surface area contributed by atoms with Crippen molar-refractivity contribution < 1.29 is 0 Å². The second kappa shape index (κ2) is 15.3. The van der Waals surface area contributed by atoms with Crippen LogP contribution in [-0.4, -0.2) is 0 Å². The van der Waals surface area contributed by atoms with Crippen LogP contribution in [0.15, 0.2) is 206 Å². The molecule has 0 bridgehead atoms. The van der Waals surface area contributed by atoms with Crippen molar-refractivity contribution >= 4 is 0 Å². The molecule has 0 nitrogen and oxygen atoms in total. The van der Waals surface area contributed by atoms with Crippen molar-refractivity contribution in [1.82, 2.24) is 0 Å². The largest absolute Gasteiger partial charge is 0.0725 e. The summed E-state index contributed by atoms with van der Waals surface area (Å²) in [5, 5.41) is 0. The Balaban J connectivity index is 0.000000116. The van der Waals surface area contributed by atoms with Crippen molar-refractivity contribution in [2.75, 3.05) is 0 Å². The predicted molar refractivity (Wildman–Crippen MR) is 254 cm³/mol. The lowest BCUT2D eigenvalue weighted by molar-refractivity contribution is 0.792. The number of aryl methyl sites for hydroxylation is 4. The fraction of sp³-hybridized carbons (Fsp3) is 0.100. The van der Waals surface area contributed by atoms with Crippen molar-refractivity contribution in [2.45, 2.75) is 39.5 Å². The van der Waals surface area contributed by atoms with Gasteiger partial charge in [-0.05, 0) is 123 Å². The summed E-state index contributed by atoms with van der Waals surface area (Å²) in [5.74, 6) is 0. The van der Waals surface area contributed by atoms with Gasteiger partial charge in [-0.2, -0.15) is 0 Å². The highest BCUT2D eigenvalue weighted by atomic mass is 14.5. The average Bonchev–Trinajstić information content (AvgIpc) is 3.91. The maximum atomic E-state index is 2.41. The van der Waals surface area contributed by atoms with Crippen LogP contribution < -0.4 is 0 Å². The second-order valence-electron chi connectivity index (χ2n) is 16.7. The molecule has 0 unspecified atom stereocenters. The third kappa shape index (κ3) is 6.32. The highest BCUT2D eigenvalue weighted by Crippen LogP contribution is 2.62. The Hall–Kier alpha value is -7.02. The zero-order chi connectivity index (χ0) is 40.8. The molecule has 0 radical (unpaired) electrons. The van der Waals surface area contributed by atoms with Crippen LogP contribution in [0.3, 0.4) is 0 Å². The van der Waals surface area contributed by atoms with Crippen molar-refractivity contribution in [1.29, 1.82) is 0 Å². The smallest absolute Gasteiger partial charge is 0.0622 e. The van der Waals surface area contributed by atoms with Crippen molar-refractivity contribution in [3.8, 4) is 55.6 Å². The number of benzene rings is 9. The summed E-state index contributed by atoms with van der Waals surface area (Å²) in [4.78, 5) is 0. The Bertz CT molecular complexity index is 2970. The molecule has 0 amide bonds. The molecule has 60 heavy (non-hydrogen) atoms. The topological polar surface area (TPSA) is 0 Å². The van der Waals surface area contributed by atoms with Gasteiger partial charge in [-0.3, -0.25) is 0 Å². The van der Waals surface area contributed by atoms with Crippen LogP contribution in [0.5, 0.6) is 0 Å². The van der Waals surface area contributed by atoms with E-state index in [0.717, 1.165) is 6.42 Å². The Morgan fingerprint density at radius 3 is 1.43 bits per heavy atom. The maximum Gasteiger partial charge on any atom is 0.0725 e. The zero-order valence-electron chi connectivity index (χ0n) is 34.8. The van der Waals surface area contributed by atoms with Crippen LogP contribution in [-0.2, 0) is 11.8 Å². The molecule has 0 atom stereocenters. The van der Waals surface area contributed by atoms with Crippen LogP contribution >= 0.6 is 0 Å². The number of hydrogen-bond acceptors (Lipinski definition) is 0. The number of hydrogen-bond donors (Lipinski definition) is 0. The fourth-order valence-electron chi connectivity index (χ4n) is 9.91. The first-order valence-corrected chi connectivity index (χ1v) is 21.2. The monoisotopic (exact) mass is 768 g/mol. The quantitative estimate of drug-likeness (QED) is 0.164. The van der Waals surface area contributed by atoms with E-state index < -0.39 is 0 Å². The molecule has 0 fully saturated rings. The van der Waals surface area contributed by atoms with Crippen LogP contribution in [0.25, 0.3) is 55.6 Å². The van der Waals surface area contributed by atoms with Gasteiger partial charge in [0, 0.05) is 0 Å². The molecule has 3 aliphatic carbocycles. The molecular weight excluding hydrogens is 721 g/mol. The summed E-state index contributed by atoms with van der Waals surface area (Å²) in [7, 11) is 0. The SMILES string of the molecule is Cc1ccc(-c2cccc3c2Cc2ccccc2-3)cc1.Cc1ccc(-c2ccccc2)cc1.Cc1ccc2c(c1)-c1ccc(C)cc1C21c2ccccc2-c2ccccc21. The Morgan fingerprint density at radius 2 is 0.750 bits per heavy atom. The van der Waals surface area contributed by atoms with Crippen molar-refractivity contribution in [3.63, 3.8) is 0 Å². The van der Waals surface area contributed by atoms with Crippen molar-refractivity contribution in [2.24, 2.45) is 0 Å². The molecule has 0 N–H and O–H groups in total. The lowest BCUT2D eigenvalue weighted by Crippen LogP contribution is -2.25. The van der Waals surface area contributed by atoms with Gasteiger partial charge < -0.3 is 0 Å². The first-order chi connectivity index (χ1) is 29.4. The summed E-state index contributed by atoms with van der Waals surface area (Å²) in [6.45, 7) is 8.63. The Labute approximate surface area is 355 Å². The van der Waals surface area contributed by atoms with Gasteiger partial charge >= 0.3 is 0 Å². The molecule has 0 heteroatoms. The molecule has 12 rings (SSSR count). The maximum absolute atomic E-state index is 2.41. The van der Waals surface area contributed by atoms with Crippen LogP contribution in [0.1, 0.15) is 55.6 Å². The van der Waals surface area contributed by atoms with E-state index in [-0.39, 0.29) is 5.41 Å². The highest BCUT2D eigenvalue weighted by Gasteiger charge is 2.51. The van der Waals surface area contributed by atoms with E-state index in [0.29, 0.717) is 0 Å². The van der Waals surface area contributed by atoms with Gasteiger partial charge in [0.2, 0.25) is 0 Å². The van der Waals surface area contributed by atoms with Gasteiger partial charge in [0.1, 0.15) is 0 Å². The summed E-state index contributed by atoms with van der Waals surface area (Å²) >= 11 is 0. The molecule has 9 aromatic carbocycles. The molecule has 0 saturated carbocycles. The summed E-state index contributed by atoms with van der Waals surface area (Å²) in [6.07, 6.45) is 1.05. The number of fused-ring (bicyclic) bond motifs is 13. The molecule has 288 valence electrons. The second-order valence-corrected chi connectivity index (χ2v) is 16.7. The third-order valence-corrected chi connectivity index (χ3v) is 12.8. The Morgan fingerprint density at radius 1 is 0.283 bits per heavy atom. The molecule has 0 aromatic heterocycles. The van der Waals surface area contributed by atoms with Crippen LogP contribution in [0.4, 0.5) is 0 Å². The minimum atomic E-state index is -0.197. The fourth-order valence-corrected chi connectivity index (χ4v) is 9.91. The summed E-state index contributed by atoms with van der Waals surface area (Å²) < 4.78 is 0. The Kier molecular flexibility index (Phi) is 9.50. The van der Waals surface area contributed by atoms with Gasteiger partial charge in [0.25, 0.3) is 0 Å². The zero-order valence-corrected chi connectivity index (χ0v) is 34.8. The average molecular weight is 769 g/mol. The molecule has 9 aromatic rings. The third-order valence-electron chi connectivity index (χ3n) is 12.8. The van der Waals surface area contributed by atoms with Crippen molar-refractivity contribution in [3.05, 3.63) is 262 Å². The normalized spacial score (nSPS) is 12.7. The van der Waals surface area contributed by atoms with E-state index in [2.05, 4.69) is 228 Å². The van der Waals surface area contributed by atoms with E-state index in [9.17, 15) is 0 Å². The molecule has 0 heterocycles.